The first kappa shape index (κ1) is 15.0. The molecule has 0 aromatic carbocycles. The van der Waals surface area contributed by atoms with Crippen LogP contribution in [0, 0.1) is 5.92 Å². The molecule has 17 heavy (non-hydrogen) atoms. The minimum Gasteiger partial charge on any atom is -0.314 e. The van der Waals surface area contributed by atoms with Gasteiger partial charge in [-0.05, 0) is 45.1 Å². The van der Waals surface area contributed by atoms with Crippen molar-refractivity contribution in [3.63, 3.8) is 0 Å². The zero-order valence-electron chi connectivity index (χ0n) is 12.6. The van der Waals surface area contributed by atoms with Crippen LogP contribution in [0.25, 0.3) is 0 Å². The van der Waals surface area contributed by atoms with Crippen molar-refractivity contribution < 1.29 is 0 Å². The first-order chi connectivity index (χ1) is 8.05. The van der Waals surface area contributed by atoms with Crippen LogP contribution in [-0.4, -0.2) is 36.1 Å². The third kappa shape index (κ3) is 3.96. The molecular weight excluding hydrogens is 208 g/mol. The zero-order chi connectivity index (χ0) is 12.9. The second-order valence-electron chi connectivity index (χ2n) is 6.06. The normalized spacial score (nSPS) is 28.8. The van der Waals surface area contributed by atoms with Gasteiger partial charge in [0.15, 0.2) is 0 Å². The topological polar surface area (TPSA) is 15.3 Å². The van der Waals surface area contributed by atoms with Crippen LogP contribution >= 0.6 is 0 Å². The average Bonchev–Trinajstić information content (AvgIpc) is 2.33. The SMILES string of the molecule is CCC1CCN(C(C)(CC)CC)CC(C)CN1. The van der Waals surface area contributed by atoms with Gasteiger partial charge in [0.25, 0.3) is 0 Å². The molecule has 1 aliphatic rings. The van der Waals surface area contributed by atoms with Crippen LogP contribution in [-0.2, 0) is 0 Å². The minimum absolute atomic E-state index is 0.407. The highest BCUT2D eigenvalue weighted by molar-refractivity contribution is 4.87. The molecule has 2 nitrogen and oxygen atoms in total. The Morgan fingerprint density at radius 3 is 2.41 bits per heavy atom. The van der Waals surface area contributed by atoms with E-state index in [4.69, 9.17) is 0 Å². The molecule has 1 N–H and O–H groups in total. The molecule has 0 aromatic heterocycles. The first-order valence-corrected chi connectivity index (χ1v) is 7.54. The van der Waals surface area contributed by atoms with Crippen molar-refractivity contribution in [3.05, 3.63) is 0 Å². The van der Waals surface area contributed by atoms with Crippen molar-refractivity contribution in [1.29, 1.82) is 0 Å². The summed E-state index contributed by atoms with van der Waals surface area (Å²) in [5.41, 5.74) is 0.407. The fraction of sp³-hybridized carbons (Fsp3) is 1.00. The van der Waals surface area contributed by atoms with Crippen molar-refractivity contribution in [2.75, 3.05) is 19.6 Å². The van der Waals surface area contributed by atoms with E-state index in [1.54, 1.807) is 0 Å². The summed E-state index contributed by atoms with van der Waals surface area (Å²) in [4.78, 5) is 2.75. The predicted octanol–water partition coefficient (Wildman–Crippen LogP) is 3.28. The number of nitrogens with zero attached hydrogens (tertiary/aromatic N) is 1. The molecule has 2 unspecified atom stereocenters. The molecule has 102 valence electrons. The molecule has 0 radical (unpaired) electrons. The van der Waals surface area contributed by atoms with Gasteiger partial charge < -0.3 is 5.32 Å². The van der Waals surface area contributed by atoms with Crippen molar-refractivity contribution >= 4 is 0 Å². The zero-order valence-corrected chi connectivity index (χ0v) is 12.6. The lowest BCUT2D eigenvalue weighted by Gasteiger charge is -2.44. The average molecular weight is 240 g/mol. The fourth-order valence-corrected chi connectivity index (χ4v) is 2.85. The monoisotopic (exact) mass is 240 g/mol. The molecule has 2 heteroatoms. The van der Waals surface area contributed by atoms with Gasteiger partial charge in [-0.15, -0.1) is 0 Å². The Kier molecular flexibility index (Phi) is 5.94. The smallest absolute Gasteiger partial charge is 0.0176 e. The molecule has 1 saturated heterocycles. The lowest BCUT2D eigenvalue weighted by Crippen LogP contribution is -2.52. The molecule has 2 atom stereocenters. The highest BCUT2D eigenvalue weighted by atomic mass is 15.2. The highest BCUT2D eigenvalue weighted by Gasteiger charge is 2.30. The number of hydrogen-bond acceptors (Lipinski definition) is 2. The molecular formula is C15H32N2. The highest BCUT2D eigenvalue weighted by Crippen LogP contribution is 2.26. The molecule has 0 amide bonds. The Morgan fingerprint density at radius 2 is 1.88 bits per heavy atom. The van der Waals surface area contributed by atoms with Gasteiger partial charge in [0.1, 0.15) is 0 Å². The molecule has 0 saturated carbocycles. The van der Waals surface area contributed by atoms with E-state index in [2.05, 4.69) is 44.8 Å². The maximum absolute atomic E-state index is 3.70. The second-order valence-corrected chi connectivity index (χ2v) is 6.06. The maximum atomic E-state index is 3.70. The van der Waals surface area contributed by atoms with Crippen molar-refractivity contribution in [1.82, 2.24) is 10.2 Å². The molecule has 1 heterocycles. The van der Waals surface area contributed by atoms with Crippen LogP contribution in [0.4, 0.5) is 0 Å². The van der Waals surface area contributed by atoms with Gasteiger partial charge >= 0.3 is 0 Å². The van der Waals surface area contributed by atoms with Gasteiger partial charge in [0.2, 0.25) is 0 Å². The van der Waals surface area contributed by atoms with E-state index >= 15 is 0 Å². The van der Waals surface area contributed by atoms with E-state index in [0.717, 1.165) is 12.0 Å². The first-order valence-electron chi connectivity index (χ1n) is 7.54. The van der Waals surface area contributed by atoms with E-state index in [9.17, 15) is 0 Å². The number of rotatable bonds is 4. The minimum atomic E-state index is 0.407. The van der Waals surface area contributed by atoms with Crippen LogP contribution in [0.1, 0.15) is 60.3 Å². The summed E-state index contributed by atoms with van der Waals surface area (Å²) in [6, 6.07) is 0.721. The van der Waals surface area contributed by atoms with Gasteiger partial charge in [0, 0.05) is 24.7 Å². The fourth-order valence-electron chi connectivity index (χ4n) is 2.85. The molecule has 0 aromatic rings. The molecule has 0 bridgehead atoms. The molecule has 1 aliphatic heterocycles. The molecule has 0 spiro atoms. The van der Waals surface area contributed by atoms with E-state index in [0.29, 0.717) is 5.54 Å². The number of hydrogen-bond donors (Lipinski definition) is 1. The summed E-state index contributed by atoms with van der Waals surface area (Å²) in [5.74, 6) is 0.766. The third-order valence-electron chi connectivity index (χ3n) is 4.81. The largest absolute Gasteiger partial charge is 0.314 e. The predicted molar refractivity (Wildman–Crippen MR) is 76.4 cm³/mol. The summed E-state index contributed by atoms with van der Waals surface area (Å²) in [5, 5.41) is 3.70. The lowest BCUT2D eigenvalue weighted by atomic mass is 9.90. The molecule has 0 aliphatic carbocycles. The Hall–Kier alpha value is -0.0800. The van der Waals surface area contributed by atoms with E-state index in [1.165, 1.54) is 45.3 Å². The van der Waals surface area contributed by atoms with Crippen LogP contribution in [0.5, 0.6) is 0 Å². The molecule has 1 rings (SSSR count). The van der Waals surface area contributed by atoms with E-state index < -0.39 is 0 Å². The third-order valence-corrected chi connectivity index (χ3v) is 4.81. The van der Waals surface area contributed by atoms with E-state index in [-0.39, 0.29) is 0 Å². The van der Waals surface area contributed by atoms with E-state index in [1.807, 2.05) is 0 Å². The van der Waals surface area contributed by atoms with Crippen molar-refractivity contribution in [2.45, 2.75) is 71.9 Å². The van der Waals surface area contributed by atoms with Gasteiger partial charge in [0.05, 0.1) is 0 Å². The van der Waals surface area contributed by atoms with Crippen molar-refractivity contribution in [3.8, 4) is 0 Å². The summed E-state index contributed by atoms with van der Waals surface area (Å²) < 4.78 is 0. The van der Waals surface area contributed by atoms with Crippen LogP contribution < -0.4 is 5.32 Å². The van der Waals surface area contributed by atoms with Crippen LogP contribution in [0.3, 0.4) is 0 Å². The van der Waals surface area contributed by atoms with Crippen molar-refractivity contribution in [2.24, 2.45) is 5.92 Å². The summed E-state index contributed by atoms with van der Waals surface area (Å²) in [7, 11) is 0. The Labute approximate surface area is 108 Å². The second kappa shape index (κ2) is 6.75. The summed E-state index contributed by atoms with van der Waals surface area (Å²) in [6.45, 7) is 15.5. The standard InChI is InChI=1S/C15H32N2/c1-6-14-9-10-17(12-13(4)11-16-14)15(5,7-2)8-3/h13-14,16H,6-12H2,1-5H3. The Morgan fingerprint density at radius 1 is 1.24 bits per heavy atom. The molecule has 1 fully saturated rings. The van der Waals surface area contributed by atoms with Gasteiger partial charge in [-0.3, -0.25) is 4.90 Å². The quantitative estimate of drug-likeness (QED) is 0.811. The number of nitrogens with one attached hydrogen (secondary N) is 1. The van der Waals surface area contributed by atoms with Gasteiger partial charge in [-0.1, -0.05) is 27.7 Å². The Bertz CT molecular complexity index is 211. The Balaban J connectivity index is 2.69. The lowest BCUT2D eigenvalue weighted by molar-refractivity contribution is 0.0646. The summed E-state index contributed by atoms with van der Waals surface area (Å²) in [6.07, 6.45) is 5.09. The van der Waals surface area contributed by atoms with Gasteiger partial charge in [-0.25, -0.2) is 0 Å². The van der Waals surface area contributed by atoms with Crippen LogP contribution in [0.15, 0.2) is 0 Å². The maximum Gasteiger partial charge on any atom is 0.0176 e. The van der Waals surface area contributed by atoms with Gasteiger partial charge in [-0.2, -0.15) is 0 Å². The summed E-state index contributed by atoms with van der Waals surface area (Å²) >= 11 is 0. The van der Waals surface area contributed by atoms with Crippen LogP contribution in [0.2, 0.25) is 0 Å².